The third kappa shape index (κ3) is 6.90. The van der Waals surface area contributed by atoms with Crippen LogP contribution in [0.2, 0.25) is 5.02 Å². The number of rotatable bonds is 11. The highest BCUT2D eigenvalue weighted by Crippen LogP contribution is 2.50. The summed E-state index contributed by atoms with van der Waals surface area (Å²) in [6.45, 7) is 6.53. The normalized spacial score (nSPS) is 20.9. The van der Waals surface area contributed by atoms with Crippen LogP contribution in [0, 0.1) is 18.8 Å². The van der Waals surface area contributed by atoms with Gasteiger partial charge in [0.15, 0.2) is 0 Å². The number of carbonyl (C=O) groups is 2. The second-order valence-corrected chi connectivity index (χ2v) is 11.7. The van der Waals surface area contributed by atoms with E-state index in [9.17, 15) is 14.7 Å². The monoisotopic (exact) mass is 514 g/mol. The zero-order valence-electron chi connectivity index (χ0n) is 21.7. The van der Waals surface area contributed by atoms with Crippen LogP contribution >= 0.6 is 11.6 Å². The number of benzene rings is 1. The fourth-order valence-corrected chi connectivity index (χ4v) is 6.08. The fraction of sp³-hybridized carbons (Fsp3) is 0.621. The number of carboxylic acid groups (broad SMARTS) is 1. The van der Waals surface area contributed by atoms with Crippen molar-refractivity contribution < 1.29 is 19.2 Å². The van der Waals surface area contributed by atoms with Crippen molar-refractivity contribution in [3.8, 4) is 0 Å². The number of hydrogen-bond donors (Lipinski definition) is 2. The van der Waals surface area contributed by atoms with Crippen molar-refractivity contribution >= 4 is 29.2 Å². The van der Waals surface area contributed by atoms with Crippen molar-refractivity contribution in [3.63, 3.8) is 0 Å². The summed E-state index contributed by atoms with van der Waals surface area (Å²) in [4.78, 5) is 24.4. The summed E-state index contributed by atoms with van der Waals surface area (Å²) < 4.78 is 6.02. The summed E-state index contributed by atoms with van der Waals surface area (Å²) in [6.07, 6.45) is 8.59. The van der Waals surface area contributed by atoms with Crippen LogP contribution in [0.1, 0.15) is 118 Å². The molecule has 2 saturated carbocycles. The van der Waals surface area contributed by atoms with E-state index in [1.54, 1.807) is 6.07 Å². The highest BCUT2D eigenvalue weighted by Gasteiger charge is 2.38. The number of halogens is 1. The van der Waals surface area contributed by atoms with E-state index in [-0.39, 0.29) is 24.7 Å². The van der Waals surface area contributed by atoms with Gasteiger partial charge in [0.25, 0.3) is 0 Å². The van der Waals surface area contributed by atoms with Crippen molar-refractivity contribution in [3.05, 3.63) is 45.8 Å². The molecule has 0 aliphatic heterocycles. The quantitative estimate of drug-likeness (QED) is 0.319. The number of hydrogen-bond acceptors (Lipinski definition) is 4. The Morgan fingerprint density at radius 3 is 2.44 bits per heavy atom. The van der Waals surface area contributed by atoms with Gasteiger partial charge in [-0.3, -0.25) is 9.59 Å². The molecule has 1 unspecified atom stereocenters. The molecule has 0 spiro atoms. The van der Waals surface area contributed by atoms with E-state index in [2.05, 4.69) is 24.3 Å². The van der Waals surface area contributed by atoms with Crippen LogP contribution in [0.25, 0.3) is 0 Å². The predicted molar refractivity (Wildman–Crippen MR) is 142 cm³/mol. The van der Waals surface area contributed by atoms with Crippen LogP contribution in [-0.4, -0.2) is 22.1 Å². The first-order valence-electron chi connectivity index (χ1n) is 13.5. The molecule has 1 heterocycles. The van der Waals surface area contributed by atoms with E-state index in [0.29, 0.717) is 29.0 Å². The summed E-state index contributed by atoms with van der Waals surface area (Å²) in [5.74, 6) is 1.91. The van der Waals surface area contributed by atoms with Gasteiger partial charge in [-0.05, 0) is 93.7 Å². The molecule has 0 radical (unpaired) electrons. The first-order valence-corrected chi connectivity index (χ1v) is 13.9. The third-order valence-corrected chi connectivity index (χ3v) is 8.03. The zero-order valence-corrected chi connectivity index (χ0v) is 22.4. The number of anilines is 1. The minimum atomic E-state index is -0.873. The number of aliphatic carboxylic acids is 1. The molecule has 2 aliphatic carbocycles. The first kappa shape index (κ1) is 26.7. The van der Waals surface area contributed by atoms with Crippen molar-refractivity contribution in [2.75, 3.05) is 5.32 Å². The Bertz CT molecular complexity index is 1070. The van der Waals surface area contributed by atoms with E-state index in [1.807, 2.05) is 19.1 Å². The van der Waals surface area contributed by atoms with Crippen LogP contribution in [0.15, 0.2) is 22.7 Å². The maximum Gasteiger partial charge on any atom is 0.303 e. The maximum absolute atomic E-state index is 13.0. The Kier molecular flexibility index (Phi) is 8.76. The van der Waals surface area contributed by atoms with E-state index < -0.39 is 5.97 Å². The number of aromatic nitrogens is 1. The lowest BCUT2D eigenvalue weighted by Crippen LogP contribution is -2.18. The number of carbonyl (C=O) groups excluding carboxylic acids is 1. The molecule has 2 fully saturated rings. The molecule has 6 nitrogen and oxygen atoms in total. The van der Waals surface area contributed by atoms with Gasteiger partial charge in [0.05, 0.1) is 16.4 Å². The molecule has 1 atom stereocenters. The summed E-state index contributed by atoms with van der Waals surface area (Å²) in [5, 5.41) is 17.3. The molecule has 1 amide bonds. The molecule has 0 bridgehead atoms. The van der Waals surface area contributed by atoms with Crippen LogP contribution in [0.4, 0.5) is 5.69 Å². The maximum atomic E-state index is 13.0. The van der Waals surface area contributed by atoms with E-state index in [1.165, 1.54) is 24.8 Å². The van der Waals surface area contributed by atoms with Crippen molar-refractivity contribution in [1.29, 1.82) is 0 Å². The number of nitrogens with one attached hydrogen (secondary N) is 1. The van der Waals surface area contributed by atoms with Crippen LogP contribution in [-0.2, 0) is 9.59 Å². The molecule has 0 saturated heterocycles. The van der Waals surface area contributed by atoms with Crippen molar-refractivity contribution in [2.45, 2.75) is 103 Å². The standard InChI is InChI=1S/C29H39ClN2O4/c1-17(2)14-19-5-7-21(8-6-19)29-27(20-9-10-20)28(32-36-29)22(11-13-26(34)35)16-25(33)31-24-12-4-18(3)15-23(24)30/h4,12,15,17,19-22H,5-11,13-14,16H2,1-3H3,(H,31,33)(H,34,35)/t19-,21+,22?. The Morgan fingerprint density at radius 2 is 1.83 bits per heavy atom. The van der Waals surface area contributed by atoms with Crippen LogP contribution in [0.3, 0.4) is 0 Å². The molecule has 7 heteroatoms. The van der Waals surface area contributed by atoms with Crippen LogP contribution < -0.4 is 5.32 Å². The lowest BCUT2D eigenvalue weighted by Gasteiger charge is -2.28. The van der Waals surface area contributed by atoms with Crippen LogP contribution in [0.5, 0.6) is 0 Å². The second kappa shape index (κ2) is 11.8. The lowest BCUT2D eigenvalue weighted by molar-refractivity contribution is -0.137. The summed E-state index contributed by atoms with van der Waals surface area (Å²) in [6, 6.07) is 5.50. The van der Waals surface area contributed by atoms with Crippen molar-refractivity contribution in [1.82, 2.24) is 5.16 Å². The zero-order chi connectivity index (χ0) is 25.8. The van der Waals surface area contributed by atoms with Crippen molar-refractivity contribution in [2.24, 2.45) is 11.8 Å². The fourth-order valence-electron chi connectivity index (χ4n) is 5.80. The van der Waals surface area contributed by atoms with E-state index in [0.717, 1.165) is 54.5 Å². The Morgan fingerprint density at radius 1 is 1.14 bits per heavy atom. The molecule has 2 aromatic rings. The van der Waals surface area contributed by atoms with Gasteiger partial charge in [0.2, 0.25) is 5.91 Å². The minimum Gasteiger partial charge on any atom is -0.481 e. The number of nitrogens with zero attached hydrogens (tertiary/aromatic N) is 1. The topological polar surface area (TPSA) is 92.4 Å². The Labute approximate surface area is 219 Å². The number of carboxylic acids is 1. The van der Waals surface area contributed by atoms with Gasteiger partial charge in [-0.15, -0.1) is 0 Å². The molecule has 1 aromatic heterocycles. The van der Waals surface area contributed by atoms with E-state index in [4.69, 9.17) is 16.1 Å². The van der Waals surface area contributed by atoms with Gasteiger partial charge in [-0.25, -0.2) is 0 Å². The summed E-state index contributed by atoms with van der Waals surface area (Å²) in [7, 11) is 0. The molecule has 2 N–H and O–H groups in total. The SMILES string of the molecule is Cc1ccc(NC(=O)CC(CCC(=O)O)c2noc([C@H]3CC[C@@H](CC(C)C)CC3)c2C2CC2)c(Cl)c1. The smallest absolute Gasteiger partial charge is 0.303 e. The first-order chi connectivity index (χ1) is 17.2. The minimum absolute atomic E-state index is 0.0180. The molecule has 2 aliphatic rings. The Hall–Kier alpha value is -2.34. The highest BCUT2D eigenvalue weighted by molar-refractivity contribution is 6.33. The van der Waals surface area contributed by atoms with Gasteiger partial charge in [0.1, 0.15) is 5.76 Å². The molecular weight excluding hydrogens is 476 g/mol. The molecule has 36 heavy (non-hydrogen) atoms. The largest absolute Gasteiger partial charge is 0.481 e. The average molecular weight is 515 g/mol. The lowest BCUT2D eigenvalue weighted by atomic mass is 9.76. The predicted octanol–water partition coefficient (Wildman–Crippen LogP) is 7.81. The number of amides is 1. The van der Waals surface area contributed by atoms with Gasteiger partial charge < -0.3 is 14.9 Å². The van der Waals surface area contributed by atoms with Gasteiger partial charge in [0, 0.05) is 30.2 Å². The average Bonchev–Trinajstić information content (AvgIpc) is 3.56. The summed E-state index contributed by atoms with van der Waals surface area (Å²) in [5.41, 5.74) is 3.53. The molecular formula is C29H39ClN2O4. The van der Waals surface area contributed by atoms with Gasteiger partial charge in [-0.2, -0.15) is 0 Å². The third-order valence-electron chi connectivity index (χ3n) is 7.72. The number of aryl methyl sites for hydroxylation is 1. The van der Waals surface area contributed by atoms with Gasteiger partial charge in [-0.1, -0.05) is 36.7 Å². The molecule has 1 aromatic carbocycles. The summed E-state index contributed by atoms with van der Waals surface area (Å²) >= 11 is 6.31. The Balaban J connectivity index is 1.52. The highest BCUT2D eigenvalue weighted by atomic mass is 35.5. The van der Waals surface area contributed by atoms with Gasteiger partial charge >= 0.3 is 5.97 Å². The molecule has 4 rings (SSSR count). The molecule has 196 valence electrons. The second-order valence-electron chi connectivity index (χ2n) is 11.3. The van der Waals surface area contributed by atoms with E-state index >= 15 is 0 Å².